The Morgan fingerprint density at radius 3 is 2.84 bits per heavy atom. The predicted molar refractivity (Wildman–Crippen MR) is 79.5 cm³/mol. The second-order valence-corrected chi connectivity index (χ2v) is 7.14. The fraction of sp³-hybridized carbons (Fsp3) is 0.300. The van der Waals surface area contributed by atoms with Gasteiger partial charge in [-0.3, -0.25) is 0 Å². The van der Waals surface area contributed by atoms with E-state index in [9.17, 15) is 8.42 Å². The lowest BCUT2D eigenvalue weighted by molar-refractivity contribution is 0.589. The summed E-state index contributed by atoms with van der Waals surface area (Å²) in [6.07, 6.45) is 0. The van der Waals surface area contributed by atoms with Gasteiger partial charge in [-0.2, -0.15) is 13.1 Å². The normalized spacial score (nSPS) is 11.7. The molecule has 0 aromatic carbocycles. The molecule has 2 heterocycles. The van der Waals surface area contributed by atoms with Crippen molar-refractivity contribution in [2.45, 2.75) is 13.5 Å². The SMILES string of the molecule is CCNS(=O)(=O)Nc1nc(-c2ccc(CN)s2)cs1. The number of thiophene rings is 1. The van der Waals surface area contributed by atoms with E-state index in [0.29, 0.717) is 18.2 Å². The number of aromatic nitrogens is 1. The molecular weight excluding hydrogens is 304 g/mol. The molecule has 0 saturated heterocycles. The van der Waals surface area contributed by atoms with Gasteiger partial charge < -0.3 is 5.73 Å². The van der Waals surface area contributed by atoms with Crippen molar-refractivity contribution in [3.05, 3.63) is 22.4 Å². The number of hydrogen-bond acceptors (Lipinski definition) is 6. The lowest BCUT2D eigenvalue weighted by Gasteiger charge is -2.03. The summed E-state index contributed by atoms with van der Waals surface area (Å²) in [5.74, 6) is 0. The van der Waals surface area contributed by atoms with Crippen LogP contribution in [-0.4, -0.2) is 19.9 Å². The Labute approximate surface area is 119 Å². The fourth-order valence-corrected chi connectivity index (χ4v) is 4.13. The number of nitrogens with one attached hydrogen (secondary N) is 2. The van der Waals surface area contributed by atoms with Gasteiger partial charge in [0.05, 0.1) is 10.6 Å². The molecule has 0 aliphatic heterocycles. The molecule has 2 aromatic rings. The molecule has 0 spiro atoms. The monoisotopic (exact) mass is 318 g/mol. The van der Waals surface area contributed by atoms with Crippen LogP contribution in [0.25, 0.3) is 10.6 Å². The number of thiazole rings is 1. The van der Waals surface area contributed by atoms with Crippen LogP contribution in [0.15, 0.2) is 17.5 Å². The number of anilines is 1. The first-order chi connectivity index (χ1) is 9.04. The van der Waals surface area contributed by atoms with Gasteiger partial charge in [-0.05, 0) is 12.1 Å². The molecule has 0 atom stereocenters. The molecule has 19 heavy (non-hydrogen) atoms. The van der Waals surface area contributed by atoms with Crippen molar-refractivity contribution in [2.75, 3.05) is 11.3 Å². The first kappa shape index (κ1) is 14.4. The van der Waals surface area contributed by atoms with Gasteiger partial charge in [0, 0.05) is 23.3 Å². The van der Waals surface area contributed by atoms with E-state index in [-0.39, 0.29) is 0 Å². The van der Waals surface area contributed by atoms with Crippen LogP contribution in [0, 0.1) is 0 Å². The van der Waals surface area contributed by atoms with Gasteiger partial charge in [0.25, 0.3) is 0 Å². The molecule has 0 bridgehead atoms. The Hall–Kier alpha value is -1.00. The lowest BCUT2D eigenvalue weighted by atomic mass is 10.4. The van der Waals surface area contributed by atoms with Gasteiger partial charge >= 0.3 is 10.2 Å². The summed E-state index contributed by atoms with van der Waals surface area (Å²) < 4.78 is 27.8. The van der Waals surface area contributed by atoms with Crippen molar-refractivity contribution in [3.8, 4) is 10.6 Å². The summed E-state index contributed by atoms with van der Waals surface area (Å²) in [5.41, 5.74) is 6.31. The van der Waals surface area contributed by atoms with E-state index in [2.05, 4.69) is 14.4 Å². The molecule has 0 aliphatic rings. The standard InChI is InChI=1S/C10H14N4O2S3/c1-2-12-19(15,16)14-10-13-8(6-17-10)9-4-3-7(5-11)18-9/h3-4,6,12H,2,5,11H2,1H3,(H,13,14). The van der Waals surface area contributed by atoms with Crippen LogP contribution >= 0.6 is 22.7 Å². The smallest absolute Gasteiger partial charge is 0.300 e. The van der Waals surface area contributed by atoms with Crippen molar-refractivity contribution >= 4 is 38.0 Å². The van der Waals surface area contributed by atoms with Crippen LogP contribution in [0.3, 0.4) is 0 Å². The minimum atomic E-state index is -3.52. The molecular formula is C10H14N4O2S3. The third kappa shape index (κ3) is 3.74. The Kier molecular flexibility index (Phi) is 4.53. The minimum absolute atomic E-state index is 0.332. The molecule has 0 fully saturated rings. The predicted octanol–water partition coefficient (Wildman–Crippen LogP) is 1.60. The summed E-state index contributed by atoms with van der Waals surface area (Å²) in [6, 6.07) is 3.88. The highest BCUT2D eigenvalue weighted by atomic mass is 32.2. The Morgan fingerprint density at radius 2 is 2.21 bits per heavy atom. The van der Waals surface area contributed by atoms with E-state index in [1.54, 1.807) is 18.3 Å². The molecule has 2 aromatic heterocycles. The Morgan fingerprint density at radius 1 is 1.42 bits per heavy atom. The highest BCUT2D eigenvalue weighted by Gasteiger charge is 2.12. The molecule has 0 unspecified atom stereocenters. The third-order valence-electron chi connectivity index (χ3n) is 2.18. The zero-order valence-corrected chi connectivity index (χ0v) is 12.7. The average Bonchev–Trinajstić information content (AvgIpc) is 2.96. The first-order valence-corrected chi connectivity index (χ1v) is 8.74. The van der Waals surface area contributed by atoms with E-state index in [1.807, 2.05) is 17.5 Å². The quantitative estimate of drug-likeness (QED) is 0.753. The molecule has 9 heteroatoms. The molecule has 2 rings (SSSR count). The zero-order chi connectivity index (χ0) is 13.9. The Bertz CT molecular complexity index is 647. The van der Waals surface area contributed by atoms with Crippen molar-refractivity contribution in [3.63, 3.8) is 0 Å². The number of nitrogens with two attached hydrogens (primary N) is 1. The van der Waals surface area contributed by atoms with Crippen LogP contribution in [0.2, 0.25) is 0 Å². The van der Waals surface area contributed by atoms with Crippen molar-refractivity contribution < 1.29 is 8.42 Å². The topological polar surface area (TPSA) is 97.1 Å². The number of rotatable bonds is 6. The van der Waals surface area contributed by atoms with Crippen LogP contribution in [0.4, 0.5) is 5.13 Å². The number of nitrogens with zero attached hydrogens (tertiary/aromatic N) is 1. The lowest BCUT2D eigenvalue weighted by Crippen LogP contribution is -2.29. The number of hydrogen-bond donors (Lipinski definition) is 3. The summed E-state index contributed by atoms with van der Waals surface area (Å²) in [4.78, 5) is 6.30. The van der Waals surface area contributed by atoms with Crippen LogP contribution in [0.5, 0.6) is 0 Å². The van der Waals surface area contributed by atoms with Gasteiger partial charge in [-0.25, -0.2) is 9.71 Å². The first-order valence-electron chi connectivity index (χ1n) is 5.56. The zero-order valence-electron chi connectivity index (χ0n) is 10.2. The van der Waals surface area contributed by atoms with Gasteiger partial charge in [0.2, 0.25) is 0 Å². The molecule has 0 aliphatic carbocycles. The maximum atomic E-state index is 11.5. The van der Waals surface area contributed by atoms with E-state index in [4.69, 9.17) is 5.73 Å². The van der Waals surface area contributed by atoms with Crippen LogP contribution < -0.4 is 15.2 Å². The molecule has 0 radical (unpaired) electrons. The molecule has 0 saturated carbocycles. The van der Waals surface area contributed by atoms with E-state index in [1.165, 1.54) is 11.3 Å². The van der Waals surface area contributed by atoms with Crippen molar-refractivity contribution in [1.29, 1.82) is 0 Å². The molecule has 0 amide bonds. The van der Waals surface area contributed by atoms with Gasteiger partial charge in [0.15, 0.2) is 5.13 Å². The van der Waals surface area contributed by atoms with Crippen molar-refractivity contribution in [1.82, 2.24) is 9.71 Å². The average molecular weight is 318 g/mol. The van der Waals surface area contributed by atoms with Gasteiger partial charge in [-0.15, -0.1) is 22.7 Å². The maximum absolute atomic E-state index is 11.5. The van der Waals surface area contributed by atoms with E-state index < -0.39 is 10.2 Å². The van der Waals surface area contributed by atoms with E-state index in [0.717, 1.165) is 15.4 Å². The van der Waals surface area contributed by atoms with Gasteiger partial charge in [0.1, 0.15) is 0 Å². The van der Waals surface area contributed by atoms with Gasteiger partial charge in [-0.1, -0.05) is 6.92 Å². The second-order valence-electron chi connectivity index (χ2n) is 3.61. The summed E-state index contributed by atoms with van der Waals surface area (Å²) in [6.45, 7) is 2.54. The van der Waals surface area contributed by atoms with E-state index >= 15 is 0 Å². The maximum Gasteiger partial charge on any atom is 0.300 e. The highest BCUT2D eigenvalue weighted by molar-refractivity contribution is 7.91. The summed E-state index contributed by atoms with van der Waals surface area (Å²) in [7, 11) is -3.52. The Balaban J connectivity index is 2.15. The minimum Gasteiger partial charge on any atom is -0.326 e. The third-order valence-corrected chi connectivity index (χ3v) is 5.32. The largest absolute Gasteiger partial charge is 0.326 e. The van der Waals surface area contributed by atoms with Crippen LogP contribution in [-0.2, 0) is 16.8 Å². The second kappa shape index (κ2) is 5.97. The molecule has 6 nitrogen and oxygen atoms in total. The highest BCUT2D eigenvalue weighted by Crippen LogP contribution is 2.30. The molecule has 4 N–H and O–H groups in total. The summed E-state index contributed by atoms with van der Waals surface area (Å²) in [5, 5.41) is 2.16. The van der Waals surface area contributed by atoms with Crippen molar-refractivity contribution in [2.24, 2.45) is 5.73 Å². The molecule has 104 valence electrons. The summed E-state index contributed by atoms with van der Waals surface area (Å²) >= 11 is 2.80. The fourth-order valence-electron chi connectivity index (χ4n) is 1.40. The van der Waals surface area contributed by atoms with Crippen LogP contribution in [0.1, 0.15) is 11.8 Å².